The lowest BCUT2D eigenvalue weighted by atomic mass is 10.0. The molecule has 0 aliphatic heterocycles. The highest BCUT2D eigenvalue weighted by atomic mass is 35.5. The zero-order valence-electron chi connectivity index (χ0n) is 9.16. The molecular weight excluding hydrogens is 196 g/mol. The van der Waals surface area contributed by atoms with Crippen LogP contribution in [-0.4, -0.2) is 12.5 Å². The molecule has 1 nitrogen and oxygen atoms in total. The van der Waals surface area contributed by atoms with Gasteiger partial charge in [-0.3, -0.25) is 0 Å². The fourth-order valence-electron chi connectivity index (χ4n) is 1.54. The zero-order chi connectivity index (χ0) is 10.6. The first-order chi connectivity index (χ1) is 6.65. The summed E-state index contributed by atoms with van der Waals surface area (Å²) in [6, 6.07) is 0. The zero-order valence-corrected chi connectivity index (χ0v) is 9.92. The second-order valence-electron chi connectivity index (χ2n) is 3.96. The summed E-state index contributed by atoms with van der Waals surface area (Å²) < 4.78 is 5.36. The maximum absolute atomic E-state index is 5.80. The van der Waals surface area contributed by atoms with Crippen molar-refractivity contribution in [2.75, 3.05) is 7.11 Å². The van der Waals surface area contributed by atoms with Crippen LogP contribution < -0.4 is 0 Å². The molecule has 0 aromatic heterocycles. The number of alkyl halides is 1. The Balaban J connectivity index is 2.50. The average Bonchev–Trinajstić information content (AvgIpc) is 2.94. The quantitative estimate of drug-likeness (QED) is 0.385. The fourth-order valence-corrected chi connectivity index (χ4v) is 1.62. The second kappa shape index (κ2) is 5.45. The number of methoxy groups -OCH3 is 1. The van der Waals surface area contributed by atoms with Crippen LogP contribution in [0.25, 0.3) is 0 Å². The van der Waals surface area contributed by atoms with E-state index in [9.17, 15) is 0 Å². The molecule has 1 aliphatic rings. The van der Waals surface area contributed by atoms with Crippen LogP contribution in [0.3, 0.4) is 0 Å². The Morgan fingerprint density at radius 1 is 1.43 bits per heavy atom. The van der Waals surface area contributed by atoms with Gasteiger partial charge in [0.05, 0.1) is 12.9 Å². The van der Waals surface area contributed by atoms with Crippen molar-refractivity contribution in [3.05, 3.63) is 24.0 Å². The monoisotopic (exact) mass is 214 g/mol. The van der Waals surface area contributed by atoms with Gasteiger partial charge in [-0.25, -0.2) is 0 Å². The number of rotatable bonds is 5. The Hall–Kier alpha value is -0.430. The lowest BCUT2D eigenvalue weighted by Gasteiger charge is -2.12. The Morgan fingerprint density at radius 3 is 2.50 bits per heavy atom. The highest BCUT2D eigenvalue weighted by Crippen LogP contribution is 2.40. The third kappa shape index (κ3) is 3.75. The van der Waals surface area contributed by atoms with Crippen molar-refractivity contribution in [1.82, 2.24) is 0 Å². The van der Waals surface area contributed by atoms with Crippen molar-refractivity contribution >= 4 is 11.6 Å². The van der Waals surface area contributed by atoms with Gasteiger partial charge in [0.1, 0.15) is 0 Å². The van der Waals surface area contributed by atoms with Gasteiger partial charge in [0.25, 0.3) is 0 Å². The molecular formula is C12H19ClO. The minimum Gasteiger partial charge on any atom is -0.501 e. The molecule has 0 spiro atoms. The summed E-state index contributed by atoms with van der Waals surface area (Å²) in [6.07, 6.45) is 8.66. The lowest BCUT2D eigenvalue weighted by molar-refractivity contribution is 0.237. The van der Waals surface area contributed by atoms with Crippen LogP contribution in [-0.2, 0) is 4.74 Å². The molecule has 80 valence electrons. The number of hydrogen-bond acceptors (Lipinski definition) is 1. The van der Waals surface area contributed by atoms with Gasteiger partial charge in [0.15, 0.2) is 0 Å². The number of halogens is 1. The van der Waals surface area contributed by atoms with Gasteiger partial charge >= 0.3 is 0 Å². The van der Waals surface area contributed by atoms with Crippen molar-refractivity contribution in [2.45, 2.75) is 32.1 Å². The Labute approximate surface area is 91.8 Å². The van der Waals surface area contributed by atoms with E-state index < -0.39 is 0 Å². The van der Waals surface area contributed by atoms with Crippen LogP contribution in [0.1, 0.15) is 26.7 Å². The summed E-state index contributed by atoms with van der Waals surface area (Å²) in [5.41, 5.74) is 0. The molecule has 0 heterocycles. The van der Waals surface area contributed by atoms with Gasteiger partial charge in [-0.1, -0.05) is 19.1 Å². The van der Waals surface area contributed by atoms with Crippen LogP contribution in [0.4, 0.5) is 0 Å². The van der Waals surface area contributed by atoms with E-state index >= 15 is 0 Å². The van der Waals surface area contributed by atoms with Crippen LogP contribution >= 0.6 is 11.6 Å². The first-order valence-corrected chi connectivity index (χ1v) is 5.65. The number of ether oxygens (including phenoxy) is 1. The minimum absolute atomic E-state index is 0.0839. The lowest BCUT2D eigenvalue weighted by Crippen LogP contribution is -2.03. The Bertz CT molecular complexity index is 226. The van der Waals surface area contributed by atoms with Crippen LogP contribution in [0, 0.1) is 11.8 Å². The standard InChI is InChI=1S/C12H19ClO/c1-9(13)5-4-6-12(14-3)10(2)11-7-8-11/h4-6,9-11H,7-8H2,1-3H3/b5-4-,12-6+. The number of allylic oxidation sites excluding steroid dienone is 4. The summed E-state index contributed by atoms with van der Waals surface area (Å²) in [5.74, 6) is 2.46. The molecule has 2 unspecified atom stereocenters. The SMILES string of the molecule is CO/C(=C/C=C\C(C)Cl)C(C)C1CC1. The van der Waals surface area contributed by atoms with Gasteiger partial charge < -0.3 is 4.74 Å². The van der Waals surface area contributed by atoms with Crippen LogP contribution in [0.15, 0.2) is 24.0 Å². The van der Waals surface area contributed by atoms with Crippen LogP contribution in [0.5, 0.6) is 0 Å². The van der Waals surface area contributed by atoms with Crippen molar-refractivity contribution in [1.29, 1.82) is 0 Å². The van der Waals surface area contributed by atoms with Gasteiger partial charge in [-0.2, -0.15) is 0 Å². The Kier molecular flexibility index (Phi) is 4.53. The van der Waals surface area contributed by atoms with Crippen molar-refractivity contribution in [2.24, 2.45) is 11.8 Å². The molecule has 0 radical (unpaired) electrons. The van der Waals surface area contributed by atoms with E-state index in [4.69, 9.17) is 16.3 Å². The minimum atomic E-state index is 0.0839. The summed E-state index contributed by atoms with van der Waals surface area (Å²) in [7, 11) is 1.74. The molecule has 0 aromatic carbocycles. The van der Waals surface area contributed by atoms with Gasteiger partial charge in [0.2, 0.25) is 0 Å². The molecule has 14 heavy (non-hydrogen) atoms. The van der Waals surface area contributed by atoms with Gasteiger partial charge in [0, 0.05) is 11.3 Å². The van der Waals surface area contributed by atoms with Crippen LogP contribution in [0.2, 0.25) is 0 Å². The predicted molar refractivity (Wildman–Crippen MR) is 61.4 cm³/mol. The summed E-state index contributed by atoms with van der Waals surface area (Å²) in [5, 5.41) is 0.0839. The highest BCUT2D eigenvalue weighted by Gasteiger charge is 2.30. The average molecular weight is 215 g/mol. The molecule has 0 amide bonds. The van der Waals surface area contributed by atoms with Crippen molar-refractivity contribution < 1.29 is 4.74 Å². The highest BCUT2D eigenvalue weighted by molar-refractivity contribution is 6.21. The van der Waals surface area contributed by atoms with E-state index in [1.807, 2.05) is 25.2 Å². The first kappa shape index (κ1) is 11.6. The largest absolute Gasteiger partial charge is 0.501 e. The van der Waals surface area contributed by atoms with E-state index in [1.54, 1.807) is 7.11 Å². The molecule has 1 aliphatic carbocycles. The van der Waals surface area contributed by atoms with Gasteiger partial charge in [-0.15, -0.1) is 11.6 Å². The normalized spacial score (nSPS) is 22.4. The van der Waals surface area contributed by atoms with Gasteiger partial charge in [-0.05, 0) is 31.8 Å². The smallest absolute Gasteiger partial charge is 0.0986 e. The summed E-state index contributed by atoms with van der Waals surface area (Å²) in [4.78, 5) is 0. The molecule has 0 saturated heterocycles. The van der Waals surface area contributed by atoms with E-state index in [-0.39, 0.29) is 5.38 Å². The molecule has 2 atom stereocenters. The summed E-state index contributed by atoms with van der Waals surface area (Å²) >= 11 is 5.80. The summed E-state index contributed by atoms with van der Waals surface area (Å²) in [6.45, 7) is 4.17. The molecule has 1 saturated carbocycles. The third-order valence-electron chi connectivity index (χ3n) is 2.65. The van der Waals surface area contributed by atoms with E-state index in [2.05, 4.69) is 6.92 Å². The third-order valence-corrected chi connectivity index (χ3v) is 2.80. The molecule has 0 aromatic rings. The molecule has 2 heteroatoms. The molecule has 1 rings (SSSR count). The molecule has 0 bridgehead atoms. The number of hydrogen-bond donors (Lipinski definition) is 0. The van der Waals surface area contributed by atoms with Crippen molar-refractivity contribution in [3.63, 3.8) is 0 Å². The van der Waals surface area contributed by atoms with E-state index in [1.165, 1.54) is 12.8 Å². The maximum atomic E-state index is 5.80. The van der Waals surface area contributed by atoms with E-state index in [0.717, 1.165) is 11.7 Å². The molecule has 0 N–H and O–H groups in total. The topological polar surface area (TPSA) is 9.23 Å². The predicted octanol–water partition coefficient (Wildman–Crippen LogP) is 3.75. The van der Waals surface area contributed by atoms with E-state index in [0.29, 0.717) is 5.92 Å². The fraction of sp³-hybridized carbons (Fsp3) is 0.667. The molecule has 1 fully saturated rings. The second-order valence-corrected chi connectivity index (χ2v) is 4.65. The maximum Gasteiger partial charge on any atom is 0.0986 e. The van der Waals surface area contributed by atoms with Crippen molar-refractivity contribution in [3.8, 4) is 0 Å². The Morgan fingerprint density at radius 2 is 2.07 bits per heavy atom. The first-order valence-electron chi connectivity index (χ1n) is 5.21.